The van der Waals surface area contributed by atoms with E-state index in [2.05, 4.69) is 10.6 Å². The molecule has 136 valence electrons. The molecule has 0 heterocycles. The van der Waals surface area contributed by atoms with Crippen LogP contribution in [0.1, 0.15) is 20.7 Å². The molecule has 2 N–H and O–H groups in total. The summed E-state index contributed by atoms with van der Waals surface area (Å²) >= 11 is 0. The number of hydrogen-bond donors (Lipinski definition) is 2. The molecule has 0 radical (unpaired) electrons. The van der Waals surface area contributed by atoms with Gasteiger partial charge in [-0.3, -0.25) is 9.59 Å². The van der Waals surface area contributed by atoms with Crippen LogP contribution in [0.4, 0.5) is 5.69 Å². The van der Waals surface area contributed by atoms with Gasteiger partial charge in [-0.2, -0.15) is 0 Å². The minimum absolute atomic E-state index is 0.256. The van der Waals surface area contributed by atoms with Crippen LogP contribution in [0.3, 0.4) is 0 Å². The van der Waals surface area contributed by atoms with E-state index in [9.17, 15) is 14.4 Å². The first kappa shape index (κ1) is 18.1. The molecule has 0 fully saturated rings. The molecule has 0 aliphatic heterocycles. The SMILES string of the molecule is CNC(=O)c1cccc(NC(=O)COC(=O)c2cccc3ccccc23)c1. The molecule has 0 atom stereocenters. The van der Waals surface area contributed by atoms with Crippen LogP contribution in [0.15, 0.2) is 66.7 Å². The Morgan fingerprint density at radius 1 is 0.926 bits per heavy atom. The Hall–Kier alpha value is -3.67. The van der Waals surface area contributed by atoms with Crippen molar-refractivity contribution in [2.75, 3.05) is 19.0 Å². The first-order valence-electron chi connectivity index (χ1n) is 8.35. The third-order valence-corrected chi connectivity index (χ3v) is 3.98. The number of carbonyl (C=O) groups is 3. The van der Waals surface area contributed by atoms with Gasteiger partial charge in [-0.1, -0.05) is 42.5 Å². The lowest BCUT2D eigenvalue weighted by molar-refractivity contribution is -0.119. The Morgan fingerprint density at radius 3 is 2.48 bits per heavy atom. The van der Waals surface area contributed by atoms with Crippen LogP contribution in [0.5, 0.6) is 0 Å². The van der Waals surface area contributed by atoms with Gasteiger partial charge in [0.2, 0.25) is 0 Å². The first-order chi connectivity index (χ1) is 13.1. The third kappa shape index (κ3) is 4.30. The first-order valence-corrected chi connectivity index (χ1v) is 8.35. The fourth-order valence-electron chi connectivity index (χ4n) is 2.69. The van der Waals surface area contributed by atoms with Crippen molar-refractivity contribution in [1.29, 1.82) is 0 Å². The van der Waals surface area contributed by atoms with Gasteiger partial charge in [0.15, 0.2) is 6.61 Å². The number of carbonyl (C=O) groups excluding carboxylic acids is 3. The Morgan fingerprint density at radius 2 is 1.67 bits per heavy atom. The summed E-state index contributed by atoms with van der Waals surface area (Å²) in [7, 11) is 1.53. The zero-order valence-electron chi connectivity index (χ0n) is 14.7. The Bertz CT molecular complexity index is 1010. The molecule has 0 saturated heterocycles. The normalized spacial score (nSPS) is 10.3. The maximum absolute atomic E-state index is 12.3. The van der Waals surface area contributed by atoms with Crippen molar-refractivity contribution in [2.24, 2.45) is 0 Å². The molecule has 0 aromatic heterocycles. The van der Waals surface area contributed by atoms with E-state index < -0.39 is 18.5 Å². The number of hydrogen-bond acceptors (Lipinski definition) is 4. The van der Waals surface area contributed by atoms with E-state index in [0.717, 1.165) is 10.8 Å². The van der Waals surface area contributed by atoms with Crippen molar-refractivity contribution in [3.8, 4) is 0 Å². The van der Waals surface area contributed by atoms with Crippen molar-refractivity contribution in [3.05, 3.63) is 77.9 Å². The largest absolute Gasteiger partial charge is 0.452 e. The van der Waals surface area contributed by atoms with Crippen LogP contribution in [0.25, 0.3) is 10.8 Å². The van der Waals surface area contributed by atoms with Crippen molar-refractivity contribution < 1.29 is 19.1 Å². The van der Waals surface area contributed by atoms with Gasteiger partial charge in [0, 0.05) is 18.3 Å². The van der Waals surface area contributed by atoms with Gasteiger partial charge < -0.3 is 15.4 Å². The van der Waals surface area contributed by atoms with Gasteiger partial charge in [-0.05, 0) is 35.0 Å². The minimum atomic E-state index is -0.568. The quantitative estimate of drug-likeness (QED) is 0.684. The number of esters is 1. The van der Waals surface area contributed by atoms with Crippen LogP contribution >= 0.6 is 0 Å². The summed E-state index contributed by atoms with van der Waals surface area (Å²) in [5.74, 6) is -1.31. The molecule has 0 saturated carbocycles. The lowest BCUT2D eigenvalue weighted by Crippen LogP contribution is -2.22. The van der Waals surface area contributed by atoms with Gasteiger partial charge in [0.1, 0.15) is 0 Å². The van der Waals surface area contributed by atoms with E-state index in [1.807, 2.05) is 30.3 Å². The second-order valence-electron chi connectivity index (χ2n) is 5.81. The summed E-state index contributed by atoms with van der Waals surface area (Å²) in [5, 5.41) is 6.81. The Labute approximate surface area is 156 Å². The lowest BCUT2D eigenvalue weighted by atomic mass is 10.1. The molecule has 0 spiro atoms. The van der Waals surface area contributed by atoms with Crippen LogP contribution < -0.4 is 10.6 Å². The van der Waals surface area contributed by atoms with Gasteiger partial charge in [0.05, 0.1) is 5.56 Å². The molecule has 0 aliphatic carbocycles. The molecule has 0 bridgehead atoms. The molecule has 6 nitrogen and oxygen atoms in total. The maximum Gasteiger partial charge on any atom is 0.339 e. The number of fused-ring (bicyclic) bond motifs is 1. The predicted molar refractivity (Wildman–Crippen MR) is 103 cm³/mol. The van der Waals surface area contributed by atoms with Crippen molar-refractivity contribution in [1.82, 2.24) is 5.32 Å². The van der Waals surface area contributed by atoms with E-state index in [-0.39, 0.29) is 5.91 Å². The van der Waals surface area contributed by atoms with Crippen LogP contribution in [-0.4, -0.2) is 31.4 Å². The average Bonchev–Trinajstić information content (AvgIpc) is 2.71. The van der Waals surface area contributed by atoms with Gasteiger partial charge in [-0.15, -0.1) is 0 Å². The Balaban J connectivity index is 1.64. The summed E-state index contributed by atoms with van der Waals surface area (Å²) in [6.07, 6.45) is 0. The molecule has 3 aromatic rings. The lowest BCUT2D eigenvalue weighted by Gasteiger charge is -2.09. The van der Waals surface area contributed by atoms with E-state index in [0.29, 0.717) is 16.8 Å². The molecule has 3 rings (SSSR count). The molecule has 2 amide bonds. The second-order valence-corrected chi connectivity index (χ2v) is 5.81. The zero-order chi connectivity index (χ0) is 19.2. The topological polar surface area (TPSA) is 84.5 Å². The summed E-state index contributed by atoms with van der Waals surface area (Å²) in [6.45, 7) is -0.424. The van der Waals surface area contributed by atoms with E-state index in [1.54, 1.807) is 36.4 Å². The smallest absolute Gasteiger partial charge is 0.339 e. The van der Waals surface area contributed by atoms with Crippen molar-refractivity contribution >= 4 is 34.2 Å². The molecule has 0 aliphatic rings. The van der Waals surface area contributed by atoms with Crippen LogP contribution in [-0.2, 0) is 9.53 Å². The van der Waals surface area contributed by atoms with Crippen molar-refractivity contribution in [2.45, 2.75) is 0 Å². The summed E-state index contributed by atoms with van der Waals surface area (Å²) in [5.41, 5.74) is 1.27. The van der Waals surface area contributed by atoms with Crippen LogP contribution in [0, 0.1) is 0 Å². The average molecular weight is 362 g/mol. The number of nitrogens with one attached hydrogen (secondary N) is 2. The standard InChI is InChI=1S/C21H18N2O4/c1-22-20(25)15-8-4-9-16(12-15)23-19(24)13-27-21(26)18-11-5-7-14-6-2-3-10-17(14)18/h2-12H,13H2,1H3,(H,22,25)(H,23,24). The minimum Gasteiger partial charge on any atom is -0.452 e. The van der Waals surface area contributed by atoms with Gasteiger partial charge >= 0.3 is 5.97 Å². The fraction of sp³-hybridized carbons (Fsp3) is 0.0952. The fourth-order valence-corrected chi connectivity index (χ4v) is 2.69. The number of rotatable bonds is 5. The second kappa shape index (κ2) is 8.14. The highest BCUT2D eigenvalue weighted by Gasteiger charge is 2.13. The van der Waals surface area contributed by atoms with E-state index in [1.165, 1.54) is 7.05 Å². The van der Waals surface area contributed by atoms with Crippen LogP contribution in [0.2, 0.25) is 0 Å². The van der Waals surface area contributed by atoms with Crippen molar-refractivity contribution in [3.63, 3.8) is 0 Å². The molecule has 0 unspecified atom stereocenters. The summed E-state index contributed by atoms with van der Waals surface area (Å²) < 4.78 is 5.14. The number of ether oxygens (including phenoxy) is 1. The van der Waals surface area contributed by atoms with Gasteiger partial charge in [0.25, 0.3) is 11.8 Å². The predicted octanol–water partition coefficient (Wildman–Crippen LogP) is 2.99. The number of benzene rings is 3. The van der Waals surface area contributed by atoms with E-state index >= 15 is 0 Å². The number of amides is 2. The van der Waals surface area contributed by atoms with E-state index in [4.69, 9.17) is 4.74 Å². The molecule has 6 heteroatoms. The molecular formula is C21H18N2O4. The number of anilines is 1. The molecule has 3 aromatic carbocycles. The Kier molecular flexibility index (Phi) is 5.47. The molecular weight excluding hydrogens is 344 g/mol. The highest BCUT2D eigenvalue weighted by atomic mass is 16.5. The third-order valence-electron chi connectivity index (χ3n) is 3.98. The maximum atomic E-state index is 12.3. The zero-order valence-corrected chi connectivity index (χ0v) is 14.7. The van der Waals surface area contributed by atoms with Gasteiger partial charge in [-0.25, -0.2) is 4.79 Å². The molecule has 27 heavy (non-hydrogen) atoms. The highest BCUT2D eigenvalue weighted by Crippen LogP contribution is 2.19. The summed E-state index contributed by atoms with van der Waals surface area (Å²) in [4.78, 5) is 36.1. The monoisotopic (exact) mass is 362 g/mol. The highest BCUT2D eigenvalue weighted by molar-refractivity contribution is 6.05. The summed E-state index contributed by atoms with van der Waals surface area (Å²) in [6, 6.07) is 19.3.